The Bertz CT molecular complexity index is 511. The molecular weight excluding hydrogens is 264 g/mol. The topological polar surface area (TPSA) is 102 Å². The maximum atomic E-state index is 11.8. The van der Waals surface area contributed by atoms with Crippen LogP contribution in [0.3, 0.4) is 0 Å². The van der Waals surface area contributed by atoms with Crippen molar-refractivity contribution in [3.8, 4) is 5.75 Å². The number of phenolic OH excluding ortho intramolecular Hbond substituents is 1. The minimum atomic E-state index is -0.699. The van der Waals surface area contributed by atoms with Crippen molar-refractivity contribution in [2.24, 2.45) is 0 Å². The number of nitro groups is 1. The Kier molecular flexibility index (Phi) is 4.52. The molecule has 2 rings (SSSR count). The van der Waals surface area contributed by atoms with Gasteiger partial charge in [0.15, 0.2) is 5.75 Å². The van der Waals surface area contributed by atoms with E-state index >= 15 is 0 Å². The van der Waals surface area contributed by atoms with Gasteiger partial charge in [0, 0.05) is 18.4 Å². The van der Waals surface area contributed by atoms with Crippen LogP contribution in [0.5, 0.6) is 5.75 Å². The SMILES string of the molecule is O=C(C[C@@H]1CCCCO1)Nc1ccc(O)c([N+](=O)[O-])c1. The number of nitrogens with one attached hydrogen (secondary N) is 1. The van der Waals surface area contributed by atoms with Crippen molar-refractivity contribution in [2.75, 3.05) is 11.9 Å². The Morgan fingerprint density at radius 1 is 1.50 bits per heavy atom. The maximum Gasteiger partial charge on any atom is 0.312 e. The highest BCUT2D eigenvalue weighted by molar-refractivity contribution is 5.91. The molecule has 108 valence electrons. The number of amides is 1. The molecule has 1 aromatic carbocycles. The van der Waals surface area contributed by atoms with Crippen LogP contribution in [-0.2, 0) is 9.53 Å². The molecule has 1 aliphatic rings. The number of nitrogens with zero attached hydrogens (tertiary/aromatic N) is 1. The van der Waals surface area contributed by atoms with Gasteiger partial charge in [-0.15, -0.1) is 0 Å². The number of phenols is 1. The largest absolute Gasteiger partial charge is 0.502 e. The maximum absolute atomic E-state index is 11.8. The Morgan fingerprint density at radius 2 is 2.30 bits per heavy atom. The zero-order chi connectivity index (χ0) is 14.5. The van der Waals surface area contributed by atoms with Crippen molar-refractivity contribution in [1.82, 2.24) is 0 Å². The van der Waals surface area contributed by atoms with E-state index in [1.165, 1.54) is 12.1 Å². The van der Waals surface area contributed by atoms with E-state index in [2.05, 4.69) is 5.32 Å². The molecule has 0 bridgehead atoms. The van der Waals surface area contributed by atoms with Crippen molar-refractivity contribution in [3.63, 3.8) is 0 Å². The van der Waals surface area contributed by atoms with Crippen molar-refractivity contribution in [2.45, 2.75) is 31.8 Å². The highest BCUT2D eigenvalue weighted by Crippen LogP contribution is 2.28. The molecule has 1 aromatic rings. The third-order valence-corrected chi connectivity index (χ3v) is 3.14. The van der Waals surface area contributed by atoms with Gasteiger partial charge in [-0.05, 0) is 31.4 Å². The van der Waals surface area contributed by atoms with Crippen LogP contribution in [0.15, 0.2) is 18.2 Å². The molecule has 7 heteroatoms. The molecule has 0 saturated carbocycles. The van der Waals surface area contributed by atoms with Crippen LogP contribution in [0.1, 0.15) is 25.7 Å². The van der Waals surface area contributed by atoms with Crippen LogP contribution in [-0.4, -0.2) is 28.6 Å². The number of hydrogen-bond donors (Lipinski definition) is 2. The molecule has 7 nitrogen and oxygen atoms in total. The monoisotopic (exact) mass is 280 g/mol. The van der Waals surface area contributed by atoms with E-state index in [0.29, 0.717) is 6.61 Å². The molecule has 1 aliphatic heterocycles. The van der Waals surface area contributed by atoms with Crippen LogP contribution in [0, 0.1) is 10.1 Å². The zero-order valence-corrected chi connectivity index (χ0v) is 10.9. The Morgan fingerprint density at radius 3 is 2.95 bits per heavy atom. The van der Waals surface area contributed by atoms with E-state index in [1.807, 2.05) is 0 Å². The molecule has 1 fully saturated rings. The average Bonchev–Trinajstić information content (AvgIpc) is 2.41. The molecule has 1 atom stereocenters. The number of benzene rings is 1. The highest BCUT2D eigenvalue weighted by Gasteiger charge is 2.19. The number of aromatic hydroxyl groups is 1. The molecule has 1 amide bonds. The van der Waals surface area contributed by atoms with Crippen molar-refractivity contribution >= 4 is 17.3 Å². The molecule has 1 saturated heterocycles. The van der Waals surface area contributed by atoms with E-state index in [-0.39, 0.29) is 24.1 Å². The molecule has 0 spiro atoms. The van der Waals surface area contributed by atoms with Crippen LogP contribution in [0.2, 0.25) is 0 Å². The van der Waals surface area contributed by atoms with E-state index in [0.717, 1.165) is 25.3 Å². The fourth-order valence-electron chi connectivity index (χ4n) is 2.13. The summed E-state index contributed by atoms with van der Waals surface area (Å²) < 4.78 is 5.46. The van der Waals surface area contributed by atoms with Crippen LogP contribution in [0.25, 0.3) is 0 Å². The molecule has 0 unspecified atom stereocenters. The van der Waals surface area contributed by atoms with Crippen LogP contribution < -0.4 is 5.32 Å². The summed E-state index contributed by atoms with van der Waals surface area (Å²) in [6.07, 6.45) is 3.05. The lowest BCUT2D eigenvalue weighted by Gasteiger charge is -2.21. The predicted octanol–water partition coefficient (Wildman–Crippen LogP) is 2.20. The first-order valence-electron chi connectivity index (χ1n) is 6.45. The summed E-state index contributed by atoms with van der Waals surface area (Å²) in [5, 5.41) is 22.6. The van der Waals surface area contributed by atoms with Gasteiger partial charge in [-0.1, -0.05) is 0 Å². The van der Waals surface area contributed by atoms with Gasteiger partial charge in [0.1, 0.15) is 0 Å². The van der Waals surface area contributed by atoms with Gasteiger partial charge in [-0.2, -0.15) is 0 Å². The van der Waals surface area contributed by atoms with Gasteiger partial charge in [-0.25, -0.2) is 0 Å². The third kappa shape index (κ3) is 3.67. The fraction of sp³-hybridized carbons (Fsp3) is 0.462. The fourth-order valence-corrected chi connectivity index (χ4v) is 2.13. The lowest BCUT2D eigenvalue weighted by molar-refractivity contribution is -0.385. The second kappa shape index (κ2) is 6.33. The number of anilines is 1. The summed E-state index contributed by atoms with van der Waals surface area (Å²) >= 11 is 0. The zero-order valence-electron chi connectivity index (χ0n) is 10.9. The Hall–Kier alpha value is -2.15. The number of ether oxygens (including phenoxy) is 1. The second-order valence-electron chi connectivity index (χ2n) is 4.70. The van der Waals surface area contributed by atoms with Crippen LogP contribution in [0.4, 0.5) is 11.4 Å². The van der Waals surface area contributed by atoms with Crippen molar-refractivity contribution < 1.29 is 19.6 Å². The summed E-state index contributed by atoms with van der Waals surface area (Å²) in [6, 6.07) is 3.74. The summed E-state index contributed by atoms with van der Waals surface area (Å²) in [6.45, 7) is 0.669. The van der Waals surface area contributed by atoms with Crippen molar-refractivity contribution in [3.05, 3.63) is 28.3 Å². The Balaban J connectivity index is 1.96. The molecule has 0 radical (unpaired) electrons. The van der Waals surface area contributed by atoms with Gasteiger partial charge < -0.3 is 15.2 Å². The summed E-state index contributed by atoms with van der Waals surface area (Å²) in [5.74, 6) is -0.680. The quantitative estimate of drug-likeness (QED) is 0.500. The molecule has 0 aliphatic carbocycles. The molecular formula is C13H16N2O5. The number of carbonyl (C=O) groups excluding carboxylic acids is 1. The normalized spacial score (nSPS) is 18.5. The second-order valence-corrected chi connectivity index (χ2v) is 4.70. The van der Waals surface area contributed by atoms with Gasteiger partial charge in [0.25, 0.3) is 0 Å². The lowest BCUT2D eigenvalue weighted by Crippen LogP contribution is -2.25. The van der Waals surface area contributed by atoms with Crippen LogP contribution >= 0.6 is 0 Å². The lowest BCUT2D eigenvalue weighted by atomic mass is 10.1. The predicted molar refractivity (Wildman–Crippen MR) is 71.6 cm³/mol. The average molecular weight is 280 g/mol. The van der Waals surface area contributed by atoms with E-state index < -0.39 is 16.4 Å². The smallest absolute Gasteiger partial charge is 0.312 e. The highest BCUT2D eigenvalue weighted by atomic mass is 16.6. The first kappa shape index (κ1) is 14.3. The summed E-state index contributed by atoms with van der Waals surface area (Å²) in [7, 11) is 0. The first-order chi connectivity index (χ1) is 9.56. The molecule has 20 heavy (non-hydrogen) atoms. The van der Waals surface area contributed by atoms with E-state index in [1.54, 1.807) is 0 Å². The van der Waals surface area contributed by atoms with Gasteiger partial charge in [0.2, 0.25) is 5.91 Å². The van der Waals surface area contributed by atoms with Crippen molar-refractivity contribution in [1.29, 1.82) is 0 Å². The minimum absolute atomic E-state index is 0.0872. The standard InChI is InChI=1S/C13H16N2O5/c16-12-5-4-9(7-11(12)15(18)19)14-13(17)8-10-3-1-2-6-20-10/h4-5,7,10,16H,1-3,6,8H2,(H,14,17)/t10-/m0/s1. The first-order valence-corrected chi connectivity index (χ1v) is 6.45. The van der Waals surface area contributed by atoms with Gasteiger partial charge in [-0.3, -0.25) is 14.9 Å². The molecule has 2 N–H and O–H groups in total. The third-order valence-electron chi connectivity index (χ3n) is 3.14. The van der Waals surface area contributed by atoms with Gasteiger partial charge in [0.05, 0.1) is 17.4 Å². The minimum Gasteiger partial charge on any atom is -0.502 e. The molecule has 1 heterocycles. The molecule has 0 aromatic heterocycles. The number of rotatable bonds is 4. The number of carbonyl (C=O) groups is 1. The number of hydrogen-bond acceptors (Lipinski definition) is 5. The Labute approximate surface area is 115 Å². The van der Waals surface area contributed by atoms with Gasteiger partial charge >= 0.3 is 5.69 Å². The summed E-state index contributed by atoms with van der Waals surface area (Å²) in [4.78, 5) is 21.8. The number of nitro benzene ring substituents is 1. The van der Waals surface area contributed by atoms with E-state index in [9.17, 15) is 20.0 Å². The van der Waals surface area contributed by atoms with E-state index in [4.69, 9.17) is 4.74 Å². The summed E-state index contributed by atoms with van der Waals surface area (Å²) in [5.41, 5.74) is -0.146.